The van der Waals surface area contributed by atoms with E-state index < -0.39 is 17.7 Å². The van der Waals surface area contributed by atoms with Crippen LogP contribution in [0.25, 0.3) is 15.9 Å². The number of nitrogens with one attached hydrogen (secondary N) is 1. The number of benzene rings is 2. The van der Waals surface area contributed by atoms with Crippen molar-refractivity contribution in [3.05, 3.63) is 87.5 Å². The SMILES string of the molecule is O=C(c1sc2c(ccc(=O)n2-c2ccccc2)c1Nc1ccc(F)cc1F)N1CCC(O)CC1. The summed E-state index contributed by atoms with van der Waals surface area (Å²) in [6.45, 7) is 0.786. The van der Waals surface area contributed by atoms with E-state index in [1.54, 1.807) is 23.1 Å². The van der Waals surface area contributed by atoms with E-state index in [2.05, 4.69) is 5.32 Å². The number of rotatable bonds is 4. The Kier molecular flexibility index (Phi) is 5.89. The lowest BCUT2D eigenvalue weighted by molar-refractivity contribution is 0.0551. The summed E-state index contributed by atoms with van der Waals surface area (Å²) in [4.78, 5) is 28.9. The van der Waals surface area contributed by atoms with Crippen molar-refractivity contribution in [3.8, 4) is 5.69 Å². The summed E-state index contributed by atoms with van der Waals surface area (Å²) in [5, 5.41) is 13.4. The number of nitrogens with zero attached hydrogens (tertiary/aromatic N) is 2. The quantitative estimate of drug-likeness (QED) is 0.444. The van der Waals surface area contributed by atoms with Crippen LogP contribution in [0.5, 0.6) is 0 Å². The number of aliphatic hydroxyl groups is 1. The van der Waals surface area contributed by atoms with Crippen LogP contribution in [-0.2, 0) is 0 Å². The Labute approximate surface area is 197 Å². The number of hydrogen-bond acceptors (Lipinski definition) is 5. The van der Waals surface area contributed by atoms with E-state index in [1.165, 1.54) is 16.7 Å². The van der Waals surface area contributed by atoms with Gasteiger partial charge in [0.05, 0.1) is 23.2 Å². The first-order valence-electron chi connectivity index (χ1n) is 10.9. The van der Waals surface area contributed by atoms with Gasteiger partial charge in [-0.1, -0.05) is 18.2 Å². The Hall–Kier alpha value is -3.56. The molecule has 1 fully saturated rings. The zero-order valence-corrected chi connectivity index (χ0v) is 18.8. The van der Waals surface area contributed by atoms with Crippen LogP contribution >= 0.6 is 11.3 Å². The topological polar surface area (TPSA) is 74.6 Å². The largest absolute Gasteiger partial charge is 0.393 e. The highest BCUT2D eigenvalue weighted by molar-refractivity contribution is 7.21. The fourth-order valence-electron chi connectivity index (χ4n) is 4.12. The summed E-state index contributed by atoms with van der Waals surface area (Å²) < 4.78 is 29.5. The molecule has 1 aliphatic heterocycles. The molecule has 34 heavy (non-hydrogen) atoms. The normalized spacial score (nSPS) is 14.5. The van der Waals surface area contributed by atoms with Crippen LogP contribution in [0.2, 0.25) is 0 Å². The number of fused-ring (bicyclic) bond motifs is 1. The van der Waals surface area contributed by atoms with Crippen LogP contribution < -0.4 is 10.9 Å². The summed E-state index contributed by atoms with van der Waals surface area (Å²) in [7, 11) is 0. The number of anilines is 2. The first-order chi connectivity index (χ1) is 16.4. The number of para-hydroxylation sites is 1. The van der Waals surface area contributed by atoms with Gasteiger partial charge in [-0.3, -0.25) is 14.2 Å². The van der Waals surface area contributed by atoms with Gasteiger partial charge in [-0.05, 0) is 43.2 Å². The number of carbonyl (C=O) groups excluding carboxylic acids is 1. The molecule has 2 N–H and O–H groups in total. The lowest BCUT2D eigenvalue weighted by Crippen LogP contribution is -2.39. The van der Waals surface area contributed by atoms with Gasteiger partial charge in [-0.15, -0.1) is 11.3 Å². The molecular weight excluding hydrogens is 460 g/mol. The number of piperidine rings is 1. The zero-order chi connectivity index (χ0) is 23.8. The molecule has 1 amide bonds. The van der Waals surface area contributed by atoms with Crippen molar-refractivity contribution in [2.45, 2.75) is 18.9 Å². The minimum Gasteiger partial charge on any atom is -0.393 e. The first-order valence-corrected chi connectivity index (χ1v) is 11.7. The molecule has 0 radical (unpaired) electrons. The molecule has 0 aliphatic carbocycles. The summed E-state index contributed by atoms with van der Waals surface area (Å²) in [5.74, 6) is -1.78. The molecule has 9 heteroatoms. The third-order valence-electron chi connectivity index (χ3n) is 5.89. The van der Waals surface area contributed by atoms with Crippen molar-refractivity contribution in [3.63, 3.8) is 0 Å². The number of pyridine rings is 1. The van der Waals surface area contributed by atoms with E-state index in [0.29, 0.717) is 52.4 Å². The molecule has 1 aliphatic rings. The number of amides is 1. The number of likely N-dealkylation sites (tertiary alicyclic amines) is 1. The average molecular weight is 482 g/mol. The maximum Gasteiger partial charge on any atom is 0.266 e. The van der Waals surface area contributed by atoms with Crippen LogP contribution in [0.3, 0.4) is 0 Å². The number of thiophene rings is 1. The molecule has 2 aromatic carbocycles. The highest BCUT2D eigenvalue weighted by Crippen LogP contribution is 2.39. The maximum atomic E-state index is 14.5. The zero-order valence-electron chi connectivity index (χ0n) is 18.0. The Morgan fingerprint density at radius 3 is 2.47 bits per heavy atom. The Morgan fingerprint density at radius 1 is 1.03 bits per heavy atom. The summed E-state index contributed by atoms with van der Waals surface area (Å²) in [6, 6.07) is 15.2. The minimum atomic E-state index is -0.796. The van der Waals surface area contributed by atoms with Gasteiger partial charge in [0.1, 0.15) is 21.3 Å². The fourth-order valence-corrected chi connectivity index (χ4v) is 5.36. The summed E-state index contributed by atoms with van der Waals surface area (Å²) >= 11 is 1.14. The third-order valence-corrected chi connectivity index (χ3v) is 7.07. The lowest BCUT2D eigenvalue weighted by Gasteiger charge is -2.29. The van der Waals surface area contributed by atoms with Crippen molar-refractivity contribution in [1.82, 2.24) is 9.47 Å². The predicted octanol–water partition coefficient (Wildman–Crippen LogP) is 4.67. The molecule has 4 aromatic rings. The molecule has 0 atom stereocenters. The van der Waals surface area contributed by atoms with E-state index in [0.717, 1.165) is 23.5 Å². The summed E-state index contributed by atoms with van der Waals surface area (Å²) in [5.41, 5.74) is 0.742. The molecule has 174 valence electrons. The Bertz CT molecular complexity index is 1430. The smallest absolute Gasteiger partial charge is 0.266 e. The van der Waals surface area contributed by atoms with Crippen molar-refractivity contribution >= 4 is 38.8 Å². The number of carbonyl (C=O) groups is 1. The second-order valence-electron chi connectivity index (χ2n) is 8.14. The molecule has 2 aromatic heterocycles. The van der Waals surface area contributed by atoms with Gasteiger partial charge in [0.15, 0.2) is 0 Å². The Morgan fingerprint density at radius 2 is 1.76 bits per heavy atom. The molecule has 0 saturated carbocycles. The van der Waals surface area contributed by atoms with Crippen molar-refractivity contribution in [2.24, 2.45) is 0 Å². The van der Waals surface area contributed by atoms with Gasteiger partial charge in [0, 0.05) is 30.6 Å². The molecule has 0 spiro atoms. The van der Waals surface area contributed by atoms with E-state index >= 15 is 0 Å². The van der Waals surface area contributed by atoms with Gasteiger partial charge in [-0.2, -0.15) is 0 Å². The van der Waals surface area contributed by atoms with E-state index in [1.807, 2.05) is 18.2 Å². The molecule has 3 heterocycles. The van der Waals surface area contributed by atoms with Crippen LogP contribution in [0.1, 0.15) is 22.5 Å². The maximum absolute atomic E-state index is 14.5. The van der Waals surface area contributed by atoms with Gasteiger partial charge in [0.2, 0.25) is 0 Å². The lowest BCUT2D eigenvalue weighted by atomic mass is 10.1. The van der Waals surface area contributed by atoms with Crippen LogP contribution in [0, 0.1) is 11.6 Å². The highest BCUT2D eigenvalue weighted by Gasteiger charge is 2.28. The van der Waals surface area contributed by atoms with Gasteiger partial charge in [-0.25, -0.2) is 8.78 Å². The van der Waals surface area contributed by atoms with Crippen molar-refractivity contribution < 1.29 is 18.7 Å². The molecule has 1 saturated heterocycles. The first kappa shape index (κ1) is 22.2. The number of halogens is 2. The second-order valence-corrected chi connectivity index (χ2v) is 9.14. The third kappa shape index (κ3) is 4.08. The minimum absolute atomic E-state index is 0.0154. The predicted molar refractivity (Wildman–Crippen MR) is 128 cm³/mol. The molecule has 6 nitrogen and oxygen atoms in total. The monoisotopic (exact) mass is 481 g/mol. The highest BCUT2D eigenvalue weighted by atomic mass is 32.1. The molecular formula is C25H21F2N3O3S. The fraction of sp³-hybridized carbons (Fsp3) is 0.200. The van der Waals surface area contributed by atoms with Gasteiger partial charge in [0.25, 0.3) is 11.5 Å². The average Bonchev–Trinajstić information content (AvgIpc) is 3.19. The van der Waals surface area contributed by atoms with Gasteiger partial charge < -0.3 is 15.3 Å². The molecule has 0 bridgehead atoms. The summed E-state index contributed by atoms with van der Waals surface area (Å²) in [6.07, 6.45) is 0.502. The van der Waals surface area contributed by atoms with Crippen molar-refractivity contribution in [1.29, 1.82) is 0 Å². The number of hydrogen-bond donors (Lipinski definition) is 2. The van der Waals surface area contributed by atoms with Crippen LogP contribution in [-0.4, -0.2) is 39.7 Å². The van der Waals surface area contributed by atoms with Gasteiger partial charge >= 0.3 is 0 Å². The van der Waals surface area contributed by atoms with Crippen LogP contribution in [0.15, 0.2) is 65.5 Å². The van der Waals surface area contributed by atoms with E-state index in [-0.39, 0.29) is 17.2 Å². The second kappa shape index (κ2) is 9.00. The molecule has 0 unspecified atom stereocenters. The van der Waals surface area contributed by atoms with E-state index in [9.17, 15) is 23.5 Å². The Balaban J connectivity index is 1.69. The van der Waals surface area contributed by atoms with E-state index in [4.69, 9.17) is 0 Å². The number of aliphatic hydroxyl groups excluding tert-OH is 1. The standard InChI is InChI=1S/C25H21F2N3O3S/c26-15-6-8-20(19(27)14-15)28-22-18-7-9-21(32)30(16-4-2-1-3-5-16)25(18)34-23(22)24(33)29-12-10-17(31)11-13-29/h1-9,14,17,28,31H,10-13H2. The van der Waals surface area contributed by atoms with Crippen molar-refractivity contribution in [2.75, 3.05) is 18.4 Å². The van der Waals surface area contributed by atoms with Crippen LogP contribution in [0.4, 0.5) is 20.2 Å². The molecule has 5 rings (SSSR count). The number of aromatic nitrogens is 1.